The van der Waals surface area contributed by atoms with Crippen molar-refractivity contribution in [3.63, 3.8) is 0 Å². The van der Waals surface area contributed by atoms with Gasteiger partial charge in [-0.15, -0.1) is 0 Å². The lowest BCUT2D eigenvalue weighted by Gasteiger charge is -2.34. The first kappa shape index (κ1) is 15.5. The van der Waals surface area contributed by atoms with Crippen LogP contribution in [0.3, 0.4) is 0 Å². The van der Waals surface area contributed by atoms with Crippen molar-refractivity contribution in [1.29, 1.82) is 0 Å². The van der Waals surface area contributed by atoms with E-state index in [0.29, 0.717) is 25.7 Å². The first-order chi connectivity index (χ1) is 9.97. The van der Waals surface area contributed by atoms with Crippen molar-refractivity contribution in [1.82, 2.24) is 0 Å². The Balaban J connectivity index is 2.68. The highest BCUT2D eigenvalue weighted by Gasteiger charge is 2.45. The largest absolute Gasteiger partial charge is 0.494 e. The second kappa shape index (κ2) is 5.87. The van der Waals surface area contributed by atoms with Gasteiger partial charge in [0.05, 0.1) is 19.6 Å². The van der Waals surface area contributed by atoms with Crippen LogP contribution in [-0.2, 0) is 10.2 Å². The number of benzene rings is 1. The monoisotopic (exact) mass is 300 g/mol. The Kier molecular flexibility index (Phi) is 4.34. The van der Waals surface area contributed by atoms with Crippen LogP contribution in [0.5, 0.6) is 11.5 Å². The second-order valence-corrected chi connectivity index (χ2v) is 5.24. The van der Waals surface area contributed by atoms with E-state index >= 15 is 0 Å². The van der Waals surface area contributed by atoms with Crippen molar-refractivity contribution in [2.75, 3.05) is 14.2 Å². The van der Waals surface area contributed by atoms with Crippen LogP contribution in [0, 0.1) is 11.6 Å². The number of halogens is 2. The summed E-state index contributed by atoms with van der Waals surface area (Å²) < 4.78 is 38.2. The molecule has 1 aromatic rings. The van der Waals surface area contributed by atoms with E-state index in [4.69, 9.17) is 9.47 Å². The Morgan fingerprint density at radius 3 is 2.24 bits per heavy atom. The van der Waals surface area contributed by atoms with Crippen molar-refractivity contribution in [2.24, 2.45) is 0 Å². The molecule has 0 radical (unpaired) electrons. The maximum Gasteiger partial charge on any atom is 0.314 e. The van der Waals surface area contributed by atoms with Gasteiger partial charge in [-0.25, -0.2) is 4.39 Å². The highest BCUT2D eigenvalue weighted by atomic mass is 19.1. The van der Waals surface area contributed by atoms with Crippen LogP contribution in [-0.4, -0.2) is 25.3 Å². The molecular formula is C15H18F2O4. The summed E-state index contributed by atoms with van der Waals surface area (Å²) in [5, 5.41) is 9.62. The Morgan fingerprint density at radius 2 is 1.76 bits per heavy atom. The molecule has 0 heterocycles. The molecular weight excluding hydrogens is 282 g/mol. The van der Waals surface area contributed by atoms with E-state index in [9.17, 15) is 18.7 Å². The van der Waals surface area contributed by atoms with E-state index in [1.165, 1.54) is 7.11 Å². The van der Waals surface area contributed by atoms with Crippen LogP contribution in [0.2, 0.25) is 0 Å². The van der Waals surface area contributed by atoms with Crippen molar-refractivity contribution >= 4 is 5.97 Å². The number of methoxy groups -OCH3 is 2. The summed E-state index contributed by atoms with van der Waals surface area (Å²) in [5.41, 5.74) is -1.42. The molecule has 21 heavy (non-hydrogen) atoms. The molecule has 0 spiro atoms. The lowest BCUT2D eigenvalue weighted by atomic mass is 9.69. The number of ether oxygens (including phenoxy) is 2. The molecule has 0 saturated heterocycles. The molecule has 4 nitrogen and oxygen atoms in total. The minimum absolute atomic E-state index is 0.0650. The van der Waals surface area contributed by atoms with Gasteiger partial charge in [-0.05, 0) is 18.9 Å². The molecule has 0 aliphatic heterocycles. The molecule has 1 N–H and O–H groups in total. The number of hydrogen-bond acceptors (Lipinski definition) is 3. The zero-order valence-corrected chi connectivity index (χ0v) is 12.0. The number of carboxylic acid groups (broad SMARTS) is 1. The standard InChI is InChI=1S/C15H18F2O4/c1-20-10-8-9(11(16)13(21-2)12(10)17)15(14(18)19)6-4-3-5-7-15/h8H,3-7H2,1-2H3,(H,18,19). The summed E-state index contributed by atoms with van der Waals surface area (Å²) >= 11 is 0. The summed E-state index contributed by atoms with van der Waals surface area (Å²) in [4.78, 5) is 11.8. The molecule has 2 rings (SSSR count). The third-order valence-electron chi connectivity index (χ3n) is 4.18. The smallest absolute Gasteiger partial charge is 0.314 e. The highest BCUT2D eigenvalue weighted by Crippen LogP contribution is 2.45. The third-order valence-corrected chi connectivity index (χ3v) is 4.18. The molecule has 0 bridgehead atoms. The van der Waals surface area contributed by atoms with Gasteiger partial charge < -0.3 is 14.6 Å². The number of carbonyl (C=O) groups is 1. The molecule has 0 unspecified atom stereocenters. The summed E-state index contributed by atoms with van der Waals surface area (Å²) in [6.45, 7) is 0. The average molecular weight is 300 g/mol. The Labute approximate surface area is 121 Å². The van der Waals surface area contributed by atoms with Crippen LogP contribution < -0.4 is 9.47 Å². The number of hydrogen-bond donors (Lipinski definition) is 1. The first-order valence-corrected chi connectivity index (χ1v) is 6.81. The van der Waals surface area contributed by atoms with Gasteiger partial charge in [0, 0.05) is 5.56 Å². The second-order valence-electron chi connectivity index (χ2n) is 5.24. The molecule has 116 valence electrons. The Bertz CT molecular complexity index is 551. The first-order valence-electron chi connectivity index (χ1n) is 6.81. The third kappa shape index (κ3) is 2.43. The van der Waals surface area contributed by atoms with Gasteiger partial charge in [0.2, 0.25) is 5.82 Å². The van der Waals surface area contributed by atoms with E-state index < -0.39 is 28.8 Å². The van der Waals surface area contributed by atoms with Crippen LogP contribution in [0.1, 0.15) is 37.7 Å². The molecule has 1 aliphatic carbocycles. The summed E-state index contributed by atoms with van der Waals surface area (Å²) in [5.74, 6) is -3.83. The summed E-state index contributed by atoms with van der Waals surface area (Å²) in [6, 6.07) is 1.15. The van der Waals surface area contributed by atoms with Crippen molar-refractivity contribution in [3.05, 3.63) is 23.3 Å². The molecule has 1 aliphatic rings. The summed E-state index contributed by atoms with van der Waals surface area (Å²) in [6.07, 6.45) is 2.92. The van der Waals surface area contributed by atoms with Gasteiger partial charge in [0.1, 0.15) is 0 Å². The van der Waals surface area contributed by atoms with Gasteiger partial charge in [-0.3, -0.25) is 4.79 Å². The molecule has 1 fully saturated rings. The molecule has 0 amide bonds. The van der Waals surface area contributed by atoms with Gasteiger partial charge in [0.25, 0.3) is 0 Å². The maximum absolute atomic E-state index is 14.6. The fourth-order valence-electron chi connectivity index (χ4n) is 3.02. The molecule has 1 aromatic carbocycles. The SMILES string of the molecule is COc1cc(C2(C(=O)O)CCCCC2)c(F)c(OC)c1F. The van der Waals surface area contributed by atoms with Gasteiger partial charge in [0.15, 0.2) is 17.3 Å². The van der Waals surface area contributed by atoms with Crippen molar-refractivity contribution in [3.8, 4) is 11.5 Å². The minimum Gasteiger partial charge on any atom is -0.494 e. The summed E-state index contributed by atoms with van der Waals surface area (Å²) in [7, 11) is 2.38. The van der Waals surface area contributed by atoms with Gasteiger partial charge >= 0.3 is 5.97 Å². The number of rotatable bonds is 4. The van der Waals surface area contributed by atoms with E-state index in [1.54, 1.807) is 0 Å². The highest BCUT2D eigenvalue weighted by molar-refractivity contribution is 5.82. The lowest BCUT2D eigenvalue weighted by Crippen LogP contribution is -2.38. The Morgan fingerprint density at radius 1 is 1.14 bits per heavy atom. The normalized spacial score (nSPS) is 17.3. The van der Waals surface area contributed by atoms with Crippen LogP contribution in [0.4, 0.5) is 8.78 Å². The molecule has 6 heteroatoms. The topological polar surface area (TPSA) is 55.8 Å². The van der Waals surface area contributed by atoms with Crippen molar-refractivity contribution < 1.29 is 28.2 Å². The van der Waals surface area contributed by atoms with Crippen LogP contribution >= 0.6 is 0 Å². The average Bonchev–Trinajstić information content (AvgIpc) is 2.48. The van der Waals surface area contributed by atoms with Crippen molar-refractivity contribution in [2.45, 2.75) is 37.5 Å². The van der Waals surface area contributed by atoms with E-state index in [-0.39, 0.29) is 11.3 Å². The Hall–Kier alpha value is -1.85. The van der Waals surface area contributed by atoms with Crippen LogP contribution in [0.15, 0.2) is 6.07 Å². The van der Waals surface area contributed by atoms with Crippen LogP contribution in [0.25, 0.3) is 0 Å². The molecule has 1 saturated carbocycles. The fourth-order valence-corrected chi connectivity index (χ4v) is 3.02. The predicted molar refractivity (Wildman–Crippen MR) is 71.9 cm³/mol. The van der Waals surface area contributed by atoms with Gasteiger partial charge in [-0.2, -0.15) is 4.39 Å². The zero-order chi connectivity index (χ0) is 15.6. The quantitative estimate of drug-likeness (QED) is 0.927. The molecule has 0 atom stereocenters. The van der Waals surface area contributed by atoms with E-state index in [1.807, 2.05) is 0 Å². The number of aliphatic carboxylic acids is 1. The fraction of sp³-hybridized carbons (Fsp3) is 0.533. The minimum atomic E-state index is -1.35. The van der Waals surface area contributed by atoms with E-state index in [2.05, 4.69) is 0 Å². The predicted octanol–water partition coefficient (Wildman–Crippen LogP) is 3.27. The van der Waals surface area contributed by atoms with E-state index in [0.717, 1.165) is 19.6 Å². The maximum atomic E-state index is 14.6. The zero-order valence-electron chi connectivity index (χ0n) is 12.0. The lowest BCUT2D eigenvalue weighted by molar-refractivity contribution is -0.145. The number of carboxylic acids is 1. The molecule has 0 aromatic heterocycles. The van der Waals surface area contributed by atoms with Gasteiger partial charge in [-0.1, -0.05) is 19.3 Å².